The number of phenols is 2. The number of nitrogens with one attached hydrogen (secondary N) is 1. The molecular weight excluding hydrogens is 635 g/mol. The van der Waals surface area contributed by atoms with Crippen LogP contribution in [0.4, 0.5) is 0 Å². The number of hydrogen-bond acceptors (Lipinski definition) is 5. The van der Waals surface area contributed by atoms with Crippen LogP contribution in [0.3, 0.4) is 0 Å². The van der Waals surface area contributed by atoms with Crippen molar-refractivity contribution in [2.75, 3.05) is 39.3 Å². The highest BCUT2D eigenvalue weighted by Crippen LogP contribution is 2.29. The molecule has 3 aliphatic heterocycles. The first-order chi connectivity index (χ1) is 23.2. The van der Waals surface area contributed by atoms with Gasteiger partial charge in [0.05, 0.1) is 6.04 Å². The maximum absolute atomic E-state index is 10.0. The van der Waals surface area contributed by atoms with Gasteiger partial charge in [-0.25, -0.2) is 0 Å². The fourth-order valence-electron chi connectivity index (χ4n) is 7.87. The Morgan fingerprint density at radius 2 is 1.50 bits per heavy atom. The van der Waals surface area contributed by atoms with E-state index in [1.165, 1.54) is 29.5 Å². The Morgan fingerprint density at radius 1 is 0.812 bits per heavy atom. The van der Waals surface area contributed by atoms with E-state index in [4.69, 9.17) is 24.4 Å². The van der Waals surface area contributed by atoms with Gasteiger partial charge in [0.25, 0.3) is 0 Å². The summed E-state index contributed by atoms with van der Waals surface area (Å²) in [5, 5.41) is 25.3. The molecule has 9 heteroatoms. The molecule has 0 aromatic heterocycles. The quantitative estimate of drug-likeness (QED) is 0.182. The standard InChI is InChI=1S/C39H51N5O2S2/c1-28(2)21-33-24-40-38(47)43(33)26-32-9-6-19-41(32)25-34(22-30-10-14-36(45)15-11-30)44-27-35(23-31-12-16-37(46)17-13-31)42(39(44)48)20-18-29-7-4-3-5-8-29/h3-5,7-8,10-17,28,32-35,45-46H,6,9,18-27H2,1-2H3,(H,40,47)/t32-,33+,34+,35+/m1/s1. The Hall–Kier alpha value is -3.40. The van der Waals surface area contributed by atoms with Gasteiger partial charge < -0.3 is 30.2 Å². The molecule has 3 saturated heterocycles. The summed E-state index contributed by atoms with van der Waals surface area (Å²) in [6.07, 6.45) is 6.15. The highest BCUT2D eigenvalue weighted by molar-refractivity contribution is 7.80. The molecule has 256 valence electrons. The lowest BCUT2D eigenvalue weighted by Gasteiger charge is -2.37. The third-order valence-electron chi connectivity index (χ3n) is 10.4. The van der Waals surface area contributed by atoms with E-state index in [1.807, 2.05) is 12.1 Å². The fourth-order valence-corrected chi connectivity index (χ4v) is 8.64. The van der Waals surface area contributed by atoms with E-state index in [9.17, 15) is 10.2 Å². The second-order valence-corrected chi connectivity index (χ2v) is 15.1. The van der Waals surface area contributed by atoms with E-state index in [-0.39, 0.29) is 12.1 Å². The lowest BCUT2D eigenvalue weighted by Crippen LogP contribution is -2.51. The van der Waals surface area contributed by atoms with Gasteiger partial charge in [0, 0.05) is 50.8 Å². The van der Waals surface area contributed by atoms with Gasteiger partial charge in [-0.05, 0) is 116 Å². The summed E-state index contributed by atoms with van der Waals surface area (Å²) in [6, 6.07) is 27.3. The molecule has 3 fully saturated rings. The lowest BCUT2D eigenvalue weighted by atomic mass is 10.0. The zero-order valence-electron chi connectivity index (χ0n) is 28.4. The van der Waals surface area contributed by atoms with E-state index >= 15 is 0 Å². The second-order valence-electron chi connectivity index (χ2n) is 14.3. The number of hydrogen-bond donors (Lipinski definition) is 3. The van der Waals surface area contributed by atoms with Crippen LogP contribution >= 0.6 is 24.4 Å². The smallest absolute Gasteiger partial charge is 0.172 e. The number of phenolic OH excluding ortho intramolecular Hbond substituents is 2. The van der Waals surface area contributed by atoms with Gasteiger partial charge >= 0.3 is 0 Å². The molecule has 6 rings (SSSR count). The van der Waals surface area contributed by atoms with Gasteiger partial charge in [0.15, 0.2) is 10.2 Å². The lowest BCUT2D eigenvalue weighted by molar-refractivity contribution is 0.156. The first-order valence-corrected chi connectivity index (χ1v) is 18.5. The maximum atomic E-state index is 10.0. The number of rotatable bonds is 14. The molecule has 0 amide bonds. The normalized spacial score (nSPS) is 22.2. The fraction of sp³-hybridized carbons (Fsp3) is 0.487. The van der Waals surface area contributed by atoms with Crippen LogP contribution in [0.1, 0.15) is 49.8 Å². The monoisotopic (exact) mass is 685 g/mol. The number of likely N-dealkylation sites (tertiary alicyclic amines) is 1. The van der Waals surface area contributed by atoms with Gasteiger partial charge in [-0.1, -0.05) is 68.4 Å². The summed E-state index contributed by atoms with van der Waals surface area (Å²) in [4.78, 5) is 10.1. The average Bonchev–Trinajstić information content (AvgIpc) is 3.75. The first kappa shape index (κ1) is 34.5. The third-order valence-corrected chi connectivity index (χ3v) is 11.2. The molecule has 3 aliphatic rings. The van der Waals surface area contributed by atoms with Crippen molar-refractivity contribution < 1.29 is 10.2 Å². The van der Waals surface area contributed by atoms with E-state index in [2.05, 4.69) is 81.2 Å². The van der Waals surface area contributed by atoms with E-state index in [0.29, 0.717) is 29.5 Å². The Kier molecular flexibility index (Phi) is 11.4. The van der Waals surface area contributed by atoms with Crippen LogP contribution in [0.5, 0.6) is 11.5 Å². The van der Waals surface area contributed by atoms with Crippen LogP contribution in [0.15, 0.2) is 78.9 Å². The zero-order chi connectivity index (χ0) is 33.6. The summed E-state index contributed by atoms with van der Waals surface area (Å²) >= 11 is 12.2. The molecule has 3 N–H and O–H groups in total. The predicted octanol–water partition coefficient (Wildman–Crippen LogP) is 5.83. The minimum Gasteiger partial charge on any atom is -0.508 e. The van der Waals surface area contributed by atoms with E-state index < -0.39 is 0 Å². The van der Waals surface area contributed by atoms with Crippen molar-refractivity contribution in [1.29, 1.82) is 0 Å². The highest BCUT2D eigenvalue weighted by atomic mass is 32.1. The van der Waals surface area contributed by atoms with E-state index in [1.54, 1.807) is 24.3 Å². The van der Waals surface area contributed by atoms with Gasteiger partial charge in [0.2, 0.25) is 0 Å². The van der Waals surface area contributed by atoms with Crippen LogP contribution in [-0.2, 0) is 19.3 Å². The van der Waals surface area contributed by atoms with Crippen LogP contribution in [0.2, 0.25) is 0 Å². The third kappa shape index (κ3) is 8.60. The summed E-state index contributed by atoms with van der Waals surface area (Å²) < 4.78 is 0. The summed E-state index contributed by atoms with van der Waals surface area (Å²) in [6.45, 7) is 10.2. The molecule has 3 aromatic rings. The molecule has 7 nitrogen and oxygen atoms in total. The number of aromatic hydroxyl groups is 2. The molecule has 3 aromatic carbocycles. The predicted molar refractivity (Wildman–Crippen MR) is 202 cm³/mol. The van der Waals surface area contributed by atoms with Crippen LogP contribution < -0.4 is 5.32 Å². The SMILES string of the molecule is CC(C)C[C@H]1CNC(=S)N1C[C@H]1CCCN1C[C@H](Cc1ccc(O)cc1)N1C[C@H](Cc2ccc(O)cc2)N(CCc2ccccc2)C1=S. The van der Waals surface area contributed by atoms with Gasteiger partial charge in [-0.15, -0.1) is 0 Å². The molecule has 0 aliphatic carbocycles. The van der Waals surface area contributed by atoms with Crippen LogP contribution in [0.25, 0.3) is 0 Å². The second kappa shape index (κ2) is 15.9. The molecule has 3 heterocycles. The molecule has 0 saturated carbocycles. The van der Waals surface area contributed by atoms with Crippen molar-refractivity contribution in [2.45, 2.75) is 76.5 Å². The average molecular weight is 686 g/mol. The van der Waals surface area contributed by atoms with Crippen LogP contribution in [-0.4, -0.2) is 103 Å². The van der Waals surface area contributed by atoms with Crippen molar-refractivity contribution >= 4 is 34.7 Å². The maximum Gasteiger partial charge on any atom is 0.172 e. The minimum atomic E-state index is 0.182. The Bertz CT molecular complexity index is 1500. The number of benzene rings is 3. The van der Waals surface area contributed by atoms with Crippen molar-refractivity contribution in [3.05, 3.63) is 95.6 Å². The Balaban J connectivity index is 1.24. The van der Waals surface area contributed by atoms with E-state index in [0.717, 1.165) is 75.2 Å². The largest absolute Gasteiger partial charge is 0.508 e. The molecule has 48 heavy (non-hydrogen) atoms. The molecule has 0 spiro atoms. The first-order valence-electron chi connectivity index (χ1n) is 17.7. The number of nitrogens with zero attached hydrogens (tertiary/aromatic N) is 4. The molecule has 4 atom stereocenters. The minimum absolute atomic E-state index is 0.182. The molecular formula is C39H51N5O2S2. The van der Waals surface area contributed by atoms with Gasteiger partial charge in [-0.3, -0.25) is 4.90 Å². The van der Waals surface area contributed by atoms with Crippen molar-refractivity contribution in [3.8, 4) is 11.5 Å². The summed E-state index contributed by atoms with van der Waals surface area (Å²) in [7, 11) is 0. The summed E-state index contributed by atoms with van der Waals surface area (Å²) in [5.74, 6) is 1.21. The Labute approximate surface area is 297 Å². The van der Waals surface area contributed by atoms with Crippen molar-refractivity contribution in [2.24, 2.45) is 5.92 Å². The molecule has 0 radical (unpaired) electrons. The van der Waals surface area contributed by atoms with Crippen molar-refractivity contribution in [1.82, 2.24) is 24.9 Å². The summed E-state index contributed by atoms with van der Waals surface area (Å²) in [5.41, 5.74) is 3.72. The van der Waals surface area contributed by atoms with Gasteiger partial charge in [0.1, 0.15) is 11.5 Å². The van der Waals surface area contributed by atoms with Gasteiger partial charge in [-0.2, -0.15) is 0 Å². The molecule has 0 unspecified atom stereocenters. The van der Waals surface area contributed by atoms with Crippen LogP contribution in [0, 0.1) is 5.92 Å². The number of thiocarbonyl (C=S) groups is 2. The molecule has 0 bridgehead atoms. The topological polar surface area (TPSA) is 65.4 Å². The highest BCUT2D eigenvalue weighted by Gasteiger charge is 2.40. The van der Waals surface area contributed by atoms with Crippen molar-refractivity contribution in [3.63, 3.8) is 0 Å². The Morgan fingerprint density at radius 3 is 2.19 bits per heavy atom. The zero-order valence-corrected chi connectivity index (χ0v) is 30.0.